The van der Waals surface area contributed by atoms with Gasteiger partial charge in [-0.2, -0.15) is 0 Å². The Bertz CT molecular complexity index is 486. The van der Waals surface area contributed by atoms with E-state index in [-0.39, 0.29) is 17.3 Å². The van der Waals surface area contributed by atoms with Gasteiger partial charge in [0.15, 0.2) is 0 Å². The lowest BCUT2D eigenvalue weighted by Gasteiger charge is -2.33. The summed E-state index contributed by atoms with van der Waals surface area (Å²) in [6, 6.07) is 5.87. The van der Waals surface area contributed by atoms with E-state index in [9.17, 15) is 4.39 Å². The van der Waals surface area contributed by atoms with E-state index < -0.39 is 0 Å². The van der Waals surface area contributed by atoms with Crippen molar-refractivity contribution in [2.24, 2.45) is 5.41 Å². The van der Waals surface area contributed by atoms with Crippen molar-refractivity contribution in [3.63, 3.8) is 0 Å². The van der Waals surface area contributed by atoms with Crippen LogP contribution < -0.4 is 5.32 Å². The van der Waals surface area contributed by atoms with Crippen LogP contribution in [0.3, 0.4) is 0 Å². The van der Waals surface area contributed by atoms with Crippen molar-refractivity contribution < 1.29 is 9.13 Å². The summed E-state index contributed by atoms with van der Waals surface area (Å²) < 4.78 is 19.1. The molecule has 2 nitrogen and oxygen atoms in total. The van der Waals surface area contributed by atoms with Crippen LogP contribution in [-0.2, 0) is 11.2 Å². The van der Waals surface area contributed by atoms with Crippen LogP contribution in [0.1, 0.15) is 37.3 Å². The Labute approximate surface area is 120 Å². The second-order valence-corrected chi connectivity index (χ2v) is 6.53. The van der Waals surface area contributed by atoms with Crippen LogP contribution in [0.25, 0.3) is 0 Å². The zero-order chi connectivity index (χ0) is 14.2. The molecule has 0 bridgehead atoms. The molecule has 1 saturated heterocycles. The number of benzene rings is 1. The minimum atomic E-state index is -0.146. The summed E-state index contributed by atoms with van der Waals surface area (Å²) in [4.78, 5) is 0. The molecule has 2 unspecified atom stereocenters. The van der Waals surface area contributed by atoms with Crippen LogP contribution in [0.4, 0.5) is 4.39 Å². The smallest absolute Gasteiger partial charge is 0.123 e. The Morgan fingerprint density at radius 3 is 2.80 bits per heavy atom. The summed E-state index contributed by atoms with van der Waals surface area (Å²) >= 11 is 0. The third kappa shape index (κ3) is 2.89. The first kappa shape index (κ1) is 14.0. The number of hydrogen-bond donors (Lipinski definition) is 1. The fourth-order valence-electron chi connectivity index (χ4n) is 3.22. The Morgan fingerprint density at radius 1 is 1.40 bits per heavy atom. The largest absolute Gasteiger partial charge is 0.378 e. The zero-order valence-electron chi connectivity index (χ0n) is 12.4. The van der Waals surface area contributed by atoms with Crippen LogP contribution in [0.5, 0.6) is 0 Å². The molecule has 3 heteroatoms. The molecule has 2 fully saturated rings. The Hall–Kier alpha value is -0.930. The lowest BCUT2D eigenvalue weighted by molar-refractivity contribution is 0.0627. The van der Waals surface area contributed by atoms with Gasteiger partial charge < -0.3 is 10.1 Å². The third-order valence-corrected chi connectivity index (χ3v) is 5.00. The van der Waals surface area contributed by atoms with Gasteiger partial charge in [0.25, 0.3) is 0 Å². The van der Waals surface area contributed by atoms with Crippen molar-refractivity contribution in [2.75, 3.05) is 13.2 Å². The van der Waals surface area contributed by atoms with E-state index in [4.69, 9.17) is 4.74 Å². The van der Waals surface area contributed by atoms with Crippen LogP contribution in [-0.4, -0.2) is 25.3 Å². The number of aryl methyl sites for hydroxylation is 1. The number of halogens is 1. The Balaban J connectivity index is 1.78. The maximum Gasteiger partial charge on any atom is 0.123 e. The number of rotatable bonds is 5. The lowest BCUT2D eigenvalue weighted by atomic mass is 9.75. The predicted molar refractivity (Wildman–Crippen MR) is 78.3 cm³/mol. The van der Waals surface area contributed by atoms with Crippen molar-refractivity contribution in [1.82, 2.24) is 5.32 Å². The normalized spacial score (nSPS) is 29.9. The minimum absolute atomic E-state index is 0.146. The first-order valence-electron chi connectivity index (χ1n) is 7.69. The summed E-state index contributed by atoms with van der Waals surface area (Å²) in [5.41, 5.74) is 2.46. The molecule has 1 heterocycles. The van der Waals surface area contributed by atoms with Gasteiger partial charge in [-0.05, 0) is 62.8 Å². The highest BCUT2D eigenvalue weighted by Gasteiger charge is 2.42. The maximum absolute atomic E-state index is 13.3. The molecule has 0 aromatic heterocycles. The molecule has 20 heavy (non-hydrogen) atoms. The highest BCUT2D eigenvalue weighted by atomic mass is 19.1. The summed E-state index contributed by atoms with van der Waals surface area (Å²) in [6.45, 7) is 6.03. The van der Waals surface area contributed by atoms with E-state index in [0.29, 0.717) is 6.04 Å². The average molecular weight is 277 g/mol. The van der Waals surface area contributed by atoms with Crippen molar-refractivity contribution >= 4 is 0 Å². The molecular formula is C17H24FNO. The molecule has 1 saturated carbocycles. The third-order valence-electron chi connectivity index (χ3n) is 5.00. The molecule has 1 aliphatic heterocycles. The fourth-order valence-corrected chi connectivity index (χ4v) is 3.22. The van der Waals surface area contributed by atoms with Gasteiger partial charge in [-0.25, -0.2) is 4.39 Å². The lowest BCUT2D eigenvalue weighted by Crippen LogP contribution is -2.42. The van der Waals surface area contributed by atoms with Gasteiger partial charge >= 0.3 is 0 Å². The van der Waals surface area contributed by atoms with E-state index in [1.54, 1.807) is 12.1 Å². The number of nitrogens with one attached hydrogen (secondary N) is 1. The maximum atomic E-state index is 13.3. The SMILES string of the molecule is Cc1cc(F)ccc1CC1(CNC2CC2)CCOC1C. The van der Waals surface area contributed by atoms with E-state index in [0.717, 1.165) is 31.6 Å². The van der Waals surface area contributed by atoms with E-state index in [2.05, 4.69) is 12.2 Å². The van der Waals surface area contributed by atoms with Crippen molar-refractivity contribution in [2.45, 2.75) is 51.7 Å². The molecule has 1 aromatic rings. The average Bonchev–Trinajstić information content (AvgIpc) is 3.17. The zero-order valence-corrected chi connectivity index (χ0v) is 12.4. The van der Waals surface area contributed by atoms with Crippen molar-refractivity contribution in [1.29, 1.82) is 0 Å². The molecule has 3 rings (SSSR count). The van der Waals surface area contributed by atoms with E-state index in [1.165, 1.54) is 18.4 Å². The molecule has 0 amide bonds. The second-order valence-electron chi connectivity index (χ2n) is 6.53. The van der Waals surface area contributed by atoms with Gasteiger partial charge in [0, 0.05) is 24.6 Å². The van der Waals surface area contributed by atoms with Gasteiger partial charge in [0.2, 0.25) is 0 Å². The second kappa shape index (κ2) is 5.45. The van der Waals surface area contributed by atoms with Crippen molar-refractivity contribution in [3.05, 3.63) is 35.1 Å². The van der Waals surface area contributed by atoms with Crippen LogP contribution in [0, 0.1) is 18.2 Å². The van der Waals surface area contributed by atoms with Crippen LogP contribution >= 0.6 is 0 Å². The minimum Gasteiger partial charge on any atom is -0.378 e. The molecule has 1 aromatic carbocycles. The summed E-state index contributed by atoms with van der Waals surface area (Å²) in [5.74, 6) is -0.146. The molecule has 2 aliphatic rings. The standard InChI is InChI=1S/C17H24FNO/c1-12-9-15(18)4-3-14(12)10-17(7-8-20-13(17)2)11-19-16-5-6-16/h3-4,9,13,16,19H,5-8,10-11H2,1-2H3. The molecule has 1 N–H and O–H groups in total. The van der Waals surface area contributed by atoms with Gasteiger partial charge in [0.05, 0.1) is 6.10 Å². The van der Waals surface area contributed by atoms with Gasteiger partial charge in [0.1, 0.15) is 5.82 Å². The van der Waals surface area contributed by atoms with Crippen molar-refractivity contribution in [3.8, 4) is 0 Å². The fraction of sp³-hybridized carbons (Fsp3) is 0.647. The molecule has 0 spiro atoms. The monoisotopic (exact) mass is 277 g/mol. The molecule has 1 aliphatic carbocycles. The quantitative estimate of drug-likeness (QED) is 0.892. The summed E-state index contributed by atoms with van der Waals surface area (Å²) in [7, 11) is 0. The van der Waals surface area contributed by atoms with Gasteiger partial charge in [-0.15, -0.1) is 0 Å². The summed E-state index contributed by atoms with van der Waals surface area (Å²) in [6.07, 6.45) is 4.94. The summed E-state index contributed by atoms with van der Waals surface area (Å²) in [5, 5.41) is 3.67. The molecular weight excluding hydrogens is 253 g/mol. The number of hydrogen-bond acceptors (Lipinski definition) is 2. The molecule has 2 atom stereocenters. The topological polar surface area (TPSA) is 21.3 Å². The highest BCUT2D eigenvalue weighted by Crippen LogP contribution is 2.39. The Morgan fingerprint density at radius 2 is 2.20 bits per heavy atom. The van der Waals surface area contributed by atoms with E-state index >= 15 is 0 Å². The molecule has 0 radical (unpaired) electrons. The predicted octanol–water partition coefficient (Wildman–Crippen LogP) is 3.22. The van der Waals surface area contributed by atoms with Crippen LogP contribution in [0.2, 0.25) is 0 Å². The molecule has 110 valence electrons. The van der Waals surface area contributed by atoms with Gasteiger partial charge in [-0.1, -0.05) is 6.07 Å². The van der Waals surface area contributed by atoms with Crippen LogP contribution in [0.15, 0.2) is 18.2 Å². The highest BCUT2D eigenvalue weighted by molar-refractivity contribution is 5.28. The first-order valence-corrected chi connectivity index (χ1v) is 7.69. The first-order chi connectivity index (χ1) is 9.59. The van der Waals surface area contributed by atoms with E-state index in [1.807, 2.05) is 13.0 Å². The Kier molecular flexibility index (Phi) is 3.83. The number of ether oxygens (including phenoxy) is 1. The van der Waals surface area contributed by atoms with Gasteiger partial charge in [-0.3, -0.25) is 0 Å².